The quantitative estimate of drug-likeness (QED) is 0.674. The number of rotatable bonds is 7. The summed E-state index contributed by atoms with van der Waals surface area (Å²) >= 11 is 0. The fourth-order valence-electron chi connectivity index (χ4n) is 3.31. The molecule has 2 saturated heterocycles. The Bertz CT molecular complexity index is 497. The third-order valence-corrected chi connectivity index (χ3v) is 6.64. The van der Waals surface area contributed by atoms with Gasteiger partial charge >= 0.3 is 0 Å². The molecular weight excluding hydrogens is 352 g/mol. The van der Waals surface area contributed by atoms with Crippen LogP contribution in [-0.2, 0) is 15.0 Å². The second-order valence-corrected chi connectivity index (χ2v) is 8.63. The molecule has 0 aliphatic carbocycles. The maximum atomic E-state index is 12.5. The number of piperidine rings is 1. The van der Waals surface area contributed by atoms with Gasteiger partial charge in [0, 0.05) is 33.2 Å². The van der Waals surface area contributed by atoms with Gasteiger partial charge < -0.3 is 10.6 Å². The van der Waals surface area contributed by atoms with E-state index in [-0.39, 0.29) is 30.3 Å². The van der Waals surface area contributed by atoms with Crippen molar-refractivity contribution < 1.29 is 13.2 Å². The molecule has 2 atom stereocenters. The van der Waals surface area contributed by atoms with Crippen molar-refractivity contribution in [3.63, 3.8) is 0 Å². The van der Waals surface area contributed by atoms with Crippen LogP contribution in [0.1, 0.15) is 39.0 Å². The van der Waals surface area contributed by atoms with Crippen LogP contribution < -0.4 is 10.6 Å². The van der Waals surface area contributed by atoms with Gasteiger partial charge in [0.25, 0.3) is 10.2 Å². The minimum atomic E-state index is -3.37. The summed E-state index contributed by atoms with van der Waals surface area (Å²) in [5.41, 5.74) is 0. The van der Waals surface area contributed by atoms with Gasteiger partial charge in [0.15, 0.2) is 0 Å². The van der Waals surface area contributed by atoms with Crippen molar-refractivity contribution in [2.75, 3.05) is 39.8 Å². The second-order valence-electron chi connectivity index (χ2n) is 6.59. The fourth-order valence-corrected chi connectivity index (χ4v) is 4.87. The van der Waals surface area contributed by atoms with Gasteiger partial charge in [-0.1, -0.05) is 6.92 Å². The largest absolute Gasteiger partial charge is 0.354 e. The number of nitrogens with zero attached hydrogens (tertiary/aromatic N) is 2. The molecule has 2 fully saturated rings. The molecule has 7 nitrogen and oxygen atoms in total. The summed E-state index contributed by atoms with van der Waals surface area (Å²) in [7, 11) is -1.73. The zero-order valence-electron chi connectivity index (χ0n) is 14.7. The number of halogens is 1. The third-order valence-electron chi connectivity index (χ3n) is 4.68. The maximum Gasteiger partial charge on any atom is 0.281 e. The molecule has 2 rings (SSSR count). The smallest absolute Gasteiger partial charge is 0.281 e. The predicted molar refractivity (Wildman–Crippen MR) is 97.4 cm³/mol. The Morgan fingerprint density at radius 2 is 2.08 bits per heavy atom. The van der Waals surface area contributed by atoms with Gasteiger partial charge in [-0.15, -0.1) is 12.4 Å². The Kier molecular flexibility index (Phi) is 8.94. The van der Waals surface area contributed by atoms with E-state index in [1.54, 1.807) is 11.4 Å². The Hall–Kier alpha value is -0.410. The molecule has 2 N–H and O–H groups in total. The Morgan fingerprint density at radius 3 is 2.71 bits per heavy atom. The van der Waals surface area contributed by atoms with Gasteiger partial charge in [0.05, 0.1) is 6.04 Å². The van der Waals surface area contributed by atoms with E-state index in [4.69, 9.17) is 0 Å². The highest BCUT2D eigenvalue weighted by Gasteiger charge is 2.32. The molecule has 24 heavy (non-hydrogen) atoms. The van der Waals surface area contributed by atoms with E-state index < -0.39 is 10.2 Å². The zero-order valence-corrected chi connectivity index (χ0v) is 16.3. The topological polar surface area (TPSA) is 81.8 Å². The first-order valence-corrected chi connectivity index (χ1v) is 10.1. The van der Waals surface area contributed by atoms with Gasteiger partial charge in [0.2, 0.25) is 5.91 Å². The number of carbonyl (C=O) groups is 1. The highest BCUT2D eigenvalue weighted by Crippen LogP contribution is 2.20. The van der Waals surface area contributed by atoms with Crippen LogP contribution in [0, 0.1) is 5.92 Å². The molecule has 0 saturated carbocycles. The molecule has 0 radical (unpaired) electrons. The van der Waals surface area contributed by atoms with Crippen molar-refractivity contribution >= 4 is 28.5 Å². The zero-order chi connectivity index (χ0) is 16.9. The molecule has 2 aliphatic heterocycles. The van der Waals surface area contributed by atoms with Gasteiger partial charge in [0.1, 0.15) is 0 Å². The molecular formula is C15H31ClN4O3S. The van der Waals surface area contributed by atoms with Crippen molar-refractivity contribution in [2.45, 2.75) is 45.1 Å². The van der Waals surface area contributed by atoms with Gasteiger partial charge in [-0.2, -0.15) is 17.0 Å². The van der Waals surface area contributed by atoms with Crippen LogP contribution in [0.2, 0.25) is 0 Å². The van der Waals surface area contributed by atoms with Crippen LogP contribution in [0.3, 0.4) is 0 Å². The molecule has 0 bridgehead atoms. The maximum absolute atomic E-state index is 12.5. The van der Waals surface area contributed by atoms with E-state index in [9.17, 15) is 13.2 Å². The van der Waals surface area contributed by atoms with Gasteiger partial charge in [-0.3, -0.25) is 4.79 Å². The number of hydrogen-bond acceptors (Lipinski definition) is 4. The van der Waals surface area contributed by atoms with E-state index in [1.165, 1.54) is 4.31 Å². The molecule has 2 aliphatic rings. The van der Waals surface area contributed by atoms with Crippen LogP contribution in [-0.4, -0.2) is 68.7 Å². The number of nitrogens with one attached hydrogen (secondary N) is 2. The molecule has 0 aromatic carbocycles. The molecule has 0 aromatic rings. The first-order valence-electron chi connectivity index (χ1n) is 8.67. The van der Waals surface area contributed by atoms with E-state index in [0.717, 1.165) is 38.6 Å². The Labute approximate surface area is 152 Å². The van der Waals surface area contributed by atoms with Crippen LogP contribution in [0.15, 0.2) is 0 Å². The molecule has 9 heteroatoms. The number of amides is 1. The summed E-state index contributed by atoms with van der Waals surface area (Å²) in [6.07, 6.45) is 4.54. The standard InChI is InChI=1S/C15H30N4O3S.ClH/c1-3-9-18(2)23(21,22)19-10-5-6-13(12-19)11-17-15(20)14-7-4-8-16-14;/h13-14,16H,3-12H2,1-2H3,(H,17,20);1H. The highest BCUT2D eigenvalue weighted by atomic mass is 35.5. The normalized spacial score (nSPS) is 25.5. The summed E-state index contributed by atoms with van der Waals surface area (Å²) in [4.78, 5) is 12.0. The van der Waals surface area contributed by atoms with E-state index in [0.29, 0.717) is 26.2 Å². The fraction of sp³-hybridized carbons (Fsp3) is 0.933. The first kappa shape index (κ1) is 21.6. The van der Waals surface area contributed by atoms with Crippen LogP contribution in [0.5, 0.6) is 0 Å². The summed E-state index contributed by atoms with van der Waals surface area (Å²) < 4.78 is 28.0. The average molecular weight is 383 g/mol. The molecule has 142 valence electrons. The molecule has 2 heterocycles. The van der Waals surface area contributed by atoms with Gasteiger partial charge in [-0.25, -0.2) is 0 Å². The first-order chi connectivity index (χ1) is 10.9. The minimum Gasteiger partial charge on any atom is -0.354 e. The lowest BCUT2D eigenvalue weighted by Gasteiger charge is -2.34. The van der Waals surface area contributed by atoms with Gasteiger partial charge in [-0.05, 0) is 44.6 Å². The molecule has 0 aromatic heterocycles. The second kappa shape index (κ2) is 9.91. The van der Waals surface area contributed by atoms with Crippen molar-refractivity contribution in [1.29, 1.82) is 0 Å². The van der Waals surface area contributed by atoms with E-state index in [2.05, 4.69) is 10.6 Å². The molecule has 1 amide bonds. The van der Waals surface area contributed by atoms with Crippen molar-refractivity contribution in [1.82, 2.24) is 19.2 Å². The number of carbonyl (C=O) groups excluding carboxylic acids is 1. The summed E-state index contributed by atoms with van der Waals surface area (Å²) in [6, 6.07) is -0.0749. The summed E-state index contributed by atoms with van der Waals surface area (Å²) in [5, 5.41) is 6.17. The van der Waals surface area contributed by atoms with Crippen molar-refractivity contribution in [2.24, 2.45) is 5.92 Å². The Morgan fingerprint density at radius 1 is 1.33 bits per heavy atom. The number of hydrogen-bond donors (Lipinski definition) is 2. The predicted octanol–water partition coefficient (Wildman–Crippen LogP) is 0.575. The van der Waals surface area contributed by atoms with Crippen LogP contribution in [0.4, 0.5) is 0 Å². The van der Waals surface area contributed by atoms with Crippen LogP contribution >= 0.6 is 12.4 Å². The summed E-state index contributed by atoms with van der Waals surface area (Å²) in [5.74, 6) is 0.240. The Balaban J connectivity index is 0.00000288. The highest BCUT2D eigenvalue weighted by molar-refractivity contribution is 7.86. The third kappa shape index (κ3) is 5.56. The van der Waals surface area contributed by atoms with Crippen molar-refractivity contribution in [3.8, 4) is 0 Å². The lowest BCUT2D eigenvalue weighted by atomic mass is 9.99. The average Bonchev–Trinajstić information content (AvgIpc) is 3.07. The minimum absolute atomic E-state index is 0. The van der Waals surface area contributed by atoms with Crippen LogP contribution in [0.25, 0.3) is 0 Å². The summed E-state index contributed by atoms with van der Waals surface area (Å²) in [6.45, 7) is 5.03. The molecule has 0 spiro atoms. The SMILES string of the molecule is CCCN(C)S(=O)(=O)N1CCCC(CNC(=O)C2CCCN2)C1.Cl. The van der Waals surface area contributed by atoms with Crippen molar-refractivity contribution in [3.05, 3.63) is 0 Å². The monoisotopic (exact) mass is 382 g/mol. The lowest BCUT2D eigenvalue weighted by Crippen LogP contribution is -2.49. The van der Waals surface area contributed by atoms with E-state index >= 15 is 0 Å². The lowest BCUT2D eigenvalue weighted by molar-refractivity contribution is -0.123. The molecule has 2 unspecified atom stereocenters. The van der Waals surface area contributed by atoms with E-state index in [1.807, 2.05) is 6.92 Å².